The molecular weight excluding hydrogens is 366 g/mol. The van der Waals surface area contributed by atoms with Gasteiger partial charge in [0.25, 0.3) is 0 Å². The van der Waals surface area contributed by atoms with Gasteiger partial charge < -0.3 is 9.84 Å². The Morgan fingerprint density at radius 3 is 2.71 bits per heavy atom. The number of carbonyl (C=O) groups is 2. The van der Waals surface area contributed by atoms with Gasteiger partial charge in [-0.05, 0) is 13.1 Å². The highest BCUT2D eigenvalue weighted by Crippen LogP contribution is 2.34. The molecule has 10 heteroatoms. The van der Waals surface area contributed by atoms with Crippen molar-refractivity contribution < 1.29 is 19.4 Å². The van der Waals surface area contributed by atoms with Gasteiger partial charge in [0.2, 0.25) is 0 Å². The molecule has 1 saturated heterocycles. The second-order valence-electron chi connectivity index (χ2n) is 7.13. The second kappa shape index (κ2) is 8.11. The van der Waals surface area contributed by atoms with E-state index in [-0.39, 0.29) is 11.4 Å². The first-order valence-electron chi connectivity index (χ1n) is 7.88. The van der Waals surface area contributed by atoms with Gasteiger partial charge in [0.15, 0.2) is 5.17 Å². The van der Waals surface area contributed by atoms with Crippen LogP contribution in [0.3, 0.4) is 0 Å². The van der Waals surface area contributed by atoms with Gasteiger partial charge >= 0.3 is 12.1 Å². The summed E-state index contributed by atoms with van der Waals surface area (Å²) in [7, 11) is 0.602. The van der Waals surface area contributed by atoms with Gasteiger partial charge in [-0.25, -0.2) is 4.79 Å². The molecule has 2 rings (SSSR count). The summed E-state index contributed by atoms with van der Waals surface area (Å²) >= 11 is 3.08. The van der Waals surface area contributed by atoms with Crippen molar-refractivity contribution in [2.45, 2.75) is 43.1 Å². The van der Waals surface area contributed by atoms with Crippen LogP contribution in [0.2, 0.25) is 25.7 Å². The van der Waals surface area contributed by atoms with Gasteiger partial charge in [-0.2, -0.15) is 0 Å². The molecule has 0 aromatic rings. The maximum atomic E-state index is 11.8. The fraction of sp³-hybridized carbons (Fsp3) is 0.786. The van der Waals surface area contributed by atoms with Crippen LogP contribution in [0.15, 0.2) is 4.99 Å². The standard InChI is InChI=1S/C14H25N3O4S2Si/c1-17-10(12(18)19)8-22-11(17)9-7-23-13(15-9)16-14(20)21-5-6-24(2,3)4/h9-11H,5-8H2,1-4H3,(H,18,19)(H,15,16,20)/t9?,10-,11?/m0/s1. The van der Waals surface area contributed by atoms with Crippen molar-refractivity contribution in [3.05, 3.63) is 0 Å². The maximum Gasteiger partial charge on any atom is 0.413 e. The number of aliphatic imine (C=N–C) groups is 1. The number of ether oxygens (including phenoxy) is 1. The number of alkyl carbamates (subject to hydrolysis) is 1. The number of carboxylic acids is 1. The van der Waals surface area contributed by atoms with Crippen molar-refractivity contribution in [1.29, 1.82) is 0 Å². The van der Waals surface area contributed by atoms with Crippen LogP contribution in [0, 0.1) is 0 Å². The Hall–Kier alpha value is -0.713. The number of nitrogens with zero attached hydrogens (tertiary/aromatic N) is 2. The number of nitrogens with one attached hydrogen (secondary N) is 1. The number of amides is 1. The molecular formula is C14H25N3O4S2Si. The van der Waals surface area contributed by atoms with Gasteiger partial charge in [0, 0.05) is 19.6 Å². The third kappa shape index (κ3) is 5.40. The lowest BCUT2D eigenvalue weighted by atomic mass is 10.2. The first-order valence-corrected chi connectivity index (χ1v) is 13.6. The van der Waals surface area contributed by atoms with Crippen molar-refractivity contribution in [1.82, 2.24) is 10.2 Å². The number of carbonyl (C=O) groups excluding carboxylic acids is 1. The molecule has 0 aliphatic carbocycles. The quantitative estimate of drug-likeness (QED) is 0.692. The molecule has 24 heavy (non-hydrogen) atoms. The molecule has 3 atom stereocenters. The molecule has 0 radical (unpaired) electrons. The Bertz CT molecular complexity index is 527. The fourth-order valence-corrected chi connectivity index (χ4v) is 5.71. The minimum absolute atomic E-state index is 0.0216. The zero-order chi connectivity index (χ0) is 17.9. The monoisotopic (exact) mass is 391 g/mol. The molecule has 1 fully saturated rings. The zero-order valence-electron chi connectivity index (χ0n) is 14.4. The number of rotatable bonds is 5. The van der Waals surface area contributed by atoms with E-state index in [4.69, 9.17) is 4.74 Å². The normalized spacial score (nSPS) is 27.8. The van der Waals surface area contributed by atoms with Gasteiger partial charge in [-0.3, -0.25) is 20.0 Å². The number of aliphatic carboxylic acids is 1. The maximum absolute atomic E-state index is 11.8. The first kappa shape index (κ1) is 19.6. The molecule has 0 aromatic carbocycles. The van der Waals surface area contributed by atoms with E-state index in [9.17, 15) is 14.7 Å². The summed E-state index contributed by atoms with van der Waals surface area (Å²) in [5.74, 6) is 0.500. The highest BCUT2D eigenvalue weighted by atomic mass is 32.2. The summed E-state index contributed by atoms with van der Waals surface area (Å²) in [6.45, 7) is 7.13. The lowest BCUT2D eigenvalue weighted by Crippen LogP contribution is -2.42. The summed E-state index contributed by atoms with van der Waals surface area (Å²) in [6, 6.07) is 0.443. The minimum atomic E-state index is -1.22. The van der Waals surface area contributed by atoms with E-state index in [0.29, 0.717) is 17.5 Å². The summed E-state index contributed by atoms with van der Waals surface area (Å²) in [5, 5.41) is 12.5. The number of hydrogen-bond donors (Lipinski definition) is 2. The number of hydrogen-bond acceptors (Lipinski definition) is 7. The minimum Gasteiger partial charge on any atom is -0.480 e. The summed E-state index contributed by atoms with van der Waals surface area (Å²) in [4.78, 5) is 29.4. The molecule has 136 valence electrons. The molecule has 2 N–H and O–H groups in total. The van der Waals surface area contributed by atoms with E-state index in [0.717, 1.165) is 11.8 Å². The number of thioether (sulfide) groups is 2. The van der Waals surface area contributed by atoms with Crippen LogP contribution in [0.25, 0.3) is 0 Å². The second-order valence-corrected chi connectivity index (χ2v) is 14.9. The molecule has 0 bridgehead atoms. The van der Waals surface area contributed by atoms with Crippen molar-refractivity contribution in [3.63, 3.8) is 0 Å². The van der Waals surface area contributed by atoms with Crippen molar-refractivity contribution >= 4 is 48.8 Å². The number of likely N-dealkylation sites (N-methyl/N-ethyl adjacent to an activating group) is 1. The van der Waals surface area contributed by atoms with E-state index in [1.807, 2.05) is 11.9 Å². The lowest BCUT2D eigenvalue weighted by molar-refractivity contribution is -0.141. The molecule has 2 heterocycles. The predicted molar refractivity (Wildman–Crippen MR) is 102 cm³/mol. The van der Waals surface area contributed by atoms with E-state index in [1.54, 1.807) is 11.8 Å². The summed E-state index contributed by atoms with van der Waals surface area (Å²) in [6.07, 6.45) is -0.462. The Morgan fingerprint density at radius 2 is 2.12 bits per heavy atom. The highest BCUT2D eigenvalue weighted by molar-refractivity contribution is 8.14. The van der Waals surface area contributed by atoms with Crippen LogP contribution in [0.5, 0.6) is 0 Å². The zero-order valence-corrected chi connectivity index (χ0v) is 17.1. The predicted octanol–water partition coefficient (Wildman–Crippen LogP) is 1.98. The Morgan fingerprint density at radius 1 is 1.42 bits per heavy atom. The van der Waals surface area contributed by atoms with Crippen molar-refractivity contribution in [2.75, 3.05) is 25.2 Å². The van der Waals surface area contributed by atoms with Crippen LogP contribution in [0.4, 0.5) is 4.79 Å². The van der Waals surface area contributed by atoms with Crippen molar-refractivity contribution in [3.8, 4) is 0 Å². The summed E-state index contributed by atoms with van der Waals surface area (Å²) < 4.78 is 5.21. The first-order chi connectivity index (χ1) is 11.2. The third-order valence-electron chi connectivity index (χ3n) is 3.90. The molecule has 7 nitrogen and oxygen atoms in total. The third-order valence-corrected chi connectivity index (χ3v) is 8.09. The van der Waals surface area contributed by atoms with Crippen LogP contribution < -0.4 is 5.32 Å². The van der Waals surface area contributed by atoms with Crippen molar-refractivity contribution in [2.24, 2.45) is 4.99 Å². The Labute approximate surface area is 152 Å². The van der Waals surface area contributed by atoms with E-state index >= 15 is 0 Å². The Kier molecular flexibility index (Phi) is 6.63. The fourth-order valence-electron chi connectivity index (χ4n) is 2.41. The van der Waals surface area contributed by atoms with Crippen LogP contribution in [-0.2, 0) is 9.53 Å². The summed E-state index contributed by atoms with van der Waals surface area (Å²) in [5.41, 5.74) is 0. The van der Waals surface area contributed by atoms with Gasteiger partial charge in [-0.1, -0.05) is 31.4 Å². The van der Waals surface area contributed by atoms with Gasteiger partial charge in [0.1, 0.15) is 6.04 Å². The molecule has 0 saturated carbocycles. The average Bonchev–Trinajstić information content (AvgIpc) is 3.03. The van der Waals surface area contributed by atoms with E-state index < -0.39 is 26.2 Å². The molecule has 2 aliphatic heterocycles. The van der Waals surface area contributed by atoms with Gasteiger partial charge in [0.05, 0.1) is 18.0 Å². The molecule has 0 spiro atoms. The highest BCUT2D eigenvalue weighted by Gasteiger charge is 2.41. The van der Waals surface area contributed by atoms with Crippen LogP contribution in [-0.4, -0.2) is 77.9 Å². The SMILES string of the molecule is CN1C(C2CSC(NC(=O)OCC[Si](C)(C)C)=N2)SC[C@H]1C(=O)O. The Balaban J connectivity index is 1.81. The van der Waals surface area contributed by atoms with E-state index in [2.05, 4.69) is 30.0 Å². The average molecular weight is 392 g/mol. The number of amidine groups is 1. The molecule has 2 unspecified atom stereocenters. The van der Waals surface area contributed by atoms with Crippen LogP contribution in [0.1, 0.15) is 0 Å². The molecule has 0 aromatic heterocycles. The van der Waals surface area contributed by atoms with Crippen LogP contribution >= 0.6 is 23.5 Å². The van der Waals surface area contributed by atoms with Gasteiger partial charge in [-0.15, -0.1) is 11.8 Å². The number of carboxylic acid groups (broad SMARTS) is 1. The topological polar surface area (TPSA) is 91.2 Å². The lowest BCUT2D eigenvalue weighted by Gasteiger charge is -2.24. The smallest absolute Gasteiger partial charge is 0.413 e. The van der Waals surface area contributed by atoms with E-state index in [1.165, 1.54) is 11.8 Å². The molecule has 1 amide bonds. The largest absolute Gasteiger partial charge is 0.480 e. The molecule has 2 aliphatic rings.